The first kappa shape index (κ1) is 16.5. The fourth-order valence-electron chi connectivity index (χ4n) is 2.21. The van der Waals surface area contributed by atoms with Crippen LogP contribution < -0.4 is 5.32 Å². The molecule has 7 nitrogen and oxygen atoms in total. The van der Waals surface area contributed by atoms with Crippen LogP contribution in [0.15, 0.2) is 6.33 Å². The van der Waals surface area contributed by atoms with Gasteiger partial charge in [-0.15, -0.1) is 10.2 Å². The van der Waals surface area contributed by atoms with E-state index in [9.17, 15) is 4.79 Å². The van der Waals surface area contributed by atoms with Gasteiger partial charge in [0, 0.05) is 13.1 Å². The third-order valence-corrected chi connectivity index (χ3v) is 3.66. The molecule has 0 aliphatic heterocycles. The van der Waals surface area contributed by atoms with E-state index in [2.05, 4.69) is 34.5 Å². The number of carbonyl (C=O) groups is 1. The van der Waals surface area contributed by atoms with Crippen molar-refractivity contribution in [2.75, 3.05) is 0 Å². The molecule has 1 amide bonds. The Bertz CT molecular complexity index is 660. The Labute approximate surface area is 134 Å². The summed E-state index contributed by atoms with van der Waals surface area (Å²) in [5.74, 6) is 0.859. The van der Waals surface area contributed by atoms with E-state index in [4.69, 9.17) is 11.6 Å². The lowest BCUT2D eigenvalue weighted by Crippen LogP contribution is -2.25. The van der Waals surface area contributed by atoms with E-state index in [1.54, 1.807) is 17.9 Å². The lowest BCUT2D eigenvalue weighted by atomic mass is 10.2. The minimum atomic E-state index is -0.247. The van der Waals surface area contributed by atoms with Gasteiger partial charge in [-0.1, -0.05) is 25.4 Å². The van der Waals surface area contributed by atoms with Crippen molar-refractivity contribution >= 4 is 17.5 Å². The Hall–Kier alpha value is -1.89. The first-order valence-corrected chi connectivity index (χ1v) is 7.69. The van der Waals surface area contributed by atoms with Gasteiger partial charge in [-0.2, -0.15) is 5.10 Å². The van der Waals surface area contributed by atoms with E-state index in [0.717, 1.165) is 6.54 Å². The first-order chi connectivity index (χ1) is 10.4. The van der Waals surface area contributed by atoms with Gasteiger partial charge in [0.25, 0.3) is 5.91 Å². The second-order valence-electron chi connectivity index (χ2n) is 5.54. The van der Waals surface area contributed by atoms with E-state index in [1.165, 1.54) is 0 Å². The smallest absolute Gasteiger partial charge is 0.256 e. The van der Waals surface area contributed by atoms with Crippen molar-refractivity contribution in [3.63, 3.8) is 0 Å². The minimum Gasteiger partial charge on any atom is -0.345 e. The fraction of sp³-hybridized carbons (Fsp3) is 0.571. The van der Waals surface area contributed by atoms with Gasteiger partial charge in [-0.3, -0.25) is 9.48 Å². The van der Waals surface area contributed by atoms with Crippen molar-refractivity contribution in [2.24, 2.45) is 5.92 Å². The van der Waals surface area contributed by atoms with Crippen LogP contribution in [0.4, 0.5) is 0 Å². The number of carbonyl (C=O) groups excluding carboxylic acids is 1. The maximum Gasteiger partial charge on any atom is 0.256 e. The molecule has 0 aliphatic rings. The molecule has 8 heteroatoms. The molecule has 0 aliphatic carbocycles. The molecule has 22 heavy (non-hydrogen) atoms. The number of rotatable bonds is 6. The highest BCUT2D eigenvalue weighted by molar-refractivity contribution is 6.33. The molecule has 0 atom stereocenters. The van der Waals surface area contributed by atoms with Crippen molar-refractivity contribution in [3.05, 3.63) is 28.6 Å². The normalized spacial score (nSPS) is 11.2. The zero-order chi connectivity index (χ0) is 16.3. The van der Waals surface area contributed by atoms with Gasteiger partial charge < -0.3 is 9.88 Å². The van der Waals surface area contributed by atoms with Crippen molar-refractivity contribution in [3.8, 4) is 0 Å². The van der Waals surface area contributed by atoms with Crippen LogP contribution in [0.3, 0.4) is 0 Å². The van der Waals surface area contributed by atoms with Gasteiger partial charge in [0.05, 0.1) is 17.8 Å². The number of amides is 1. The molecule has 120 valence electrons. The van der Waals surface area contributed by atoms with Crippen molar-refractivity contribution in [2.45, 2.75) is 47.3 Å². The molecule has 0 aromatic carbocycles. The Kier molecular flexibility index (Phi) is 5.18. The molecule has 2 aromatic rings. The first-order valence-electron chi connectivity index (χ1n) is 7.31. The van der Waals surface area contributed by atoms with Crippen LogP contribution in [-0.2, 0) is 19.6 Å². The third-order valence-electron chi connectivity index (χ3n) is 3.27. The van der Waals surface area contributed by atoms with Gasteiger partial charge in [0.1, 0.15) is 11.5 Å². The largest absolute Gasteiger partial charge is 0.345 e. The highest BCUT2D eigenvalue weighted by Gasteiger charge is 2.20. The average molecular weight is 325 g/mol. The molecule has 1 N–H and O–H groups in total. The summed E-state index contributed by atoms with van der Waals surface area (Å²) in [6.45, 7) is 9.66. The Morgan fingerprint density at radius 3 is 2.82 bits per heavy atom. The molecular formula is C14H21ClN6O. The van der Waals surface area contributed by atoms with Gasteiger partial charge >= 0.3 is 0 Å². The number of hydrogen-bond donors (Lipinski definition) is 1. The van der Waals surface area contributed by atoms with E-state index in [1.807, 2.05) is 11.5 Å². The number of hydrogen-bond acceptors (Lipinski definition) is 4. The predicted octanol–water partition coefficient (Wildman–Crippen LogP) is 2.04. The van der Waals surface area contributed by atoms with Crippen LogP contribution in [0.5, 0.6) is 0 Å². The summed E-state index contributed by atoms with van der Waals surface area (Å²) < 4.78 is 3.54. The molecule has 2 aromatic heterocycles. The number of halogens is 1. The van der Waals surface area contributed by atoms with Crippen LogP contribution in [0.2, 0.25) is 5.15 Å². The number of aryl methyl sites for hydroxylation is 2. The molecule has 0 saturated carbocycles. The Balaban J connectivity index is 2.11. The standard InChI is InChI=1S/C14H21ClN6O/c1-5-20-8-17-18-11(20)6-16-14(22)12-10(4)19-21(13(12)15)7-9(2)3/h8-9H,5-7H2,1-4H3,(H,16,22). The molecule has 2 rings (SSSR count). The summed E-state index contributed by atoms with van der Waals surface area (Å²) in [5.41, 5.74) is 1.05. The quantitative estimate of drug-likeness (QED) is 0.882. The maximum absolute atomic E-state index is 12.4. The maximum atomic E-state index is 12.4. The lowest BCUT2D eigenvalue weighted by Gasteiger charge is -2.07. The summed E-state index contributed by atoms with van der Waals surface area (Å²) in [6.07, 6.45) is 1.64. The van der Waals surface area contributed by atoms with Crippen LogP contribution in [-0.4, -0.2) is 30.5 Å². The van der Waals surface area contributed by atoms with E-state index < -0.39 is 0 Å². The summed E-state index contributed by atoms with van der Waals surface area (Å²) >= 11 is 6.29. The fourth-order valence-corrected chi connectivity index (χ4v) is 2.54. The Morgan fingerprint density at radius 2 is 2.18 bits per heavy atom. The summed E-state index contributed by atoms with van der Waals surface area (Å²) in [5, 5.41) is 15.4. The topological polar surface area (TPSA) is 77.6 Å². The summed E-state index contributed by atoms with van der Waals surface area (Å²) in [4.78, 5) is 12.4. The average Bonchev–Trinajstić information content (AvgIpc) is 3.01. The molecule has 0 radical (unpaired) electrons. The second kappa shape index (κ2) is 6.91. The highest BCUT2D eigenvalue weighted by Crippen LogP contribution is 2.20. The number of aromatic nitrogens is 5. The van der Waals surface area contributed by atoms with Crippen LogP contribution in [0.25, 0.3) is 0 Å². The van der Waals surface area contributed by atoms with Crippen LogP contribution in [0, 0.1) is 12.8 Å². The van der Waals surface area contributed by atoms with Gasteiger partial charge in [-0.05, 0) is 19.8 Å². The van der Waals surface area contributed by atoms with E-state index in [-0.39, 0.29) is 5.91 Å². The van der Waals surface area contributed by atoms with Crippen molar-refractivity contribution < 1.29 is 4.79 Å². The molecule has 0 spiro atoms. The molecule has 0 unspecified atom stereocenters. The Morgan fingerprint density at radius 1 is 1.45 bits per heavy atom. The van der Waals surface area contributed by atoms with Crippen LogP contribution in [0.1, 0.15) is 42.6 Å². The number of nitrogens with zero attached hydrogens (tertiary/aromatic N) is 5. The SMILES string of the molecule is CCn1cnnc1CNC(=O)c1c(C)nn(CC(C)C)c1Cl. The van der Waals surface area contributed by atoms with E-state index in [0.29, 0.717) is 41.2 Å². The molecule has 0 bridgehead atoms. The van der Waals surface area contributed by atoms with Crippen molar-refractivity contribution in [1.29, 1.82) is 0 Å². The summed E-state index contributed by atoms with van der Waals surface area (Å²) in [6, 6.07) is 0. The molecule has 0 saturated heterocycles. The van der Waals surface area contributed by atoms with E-state index >= 15 is 0 Å². The zero-order valence-corrected chi connectivity index (χ0v) is 14.1. The van der Waals surface area contributed by atoms with Gasteiger partial charge in [0.2, 0.25) is 0 Å². The second-order valence-corrected chi connectivity index (χ2v) is 5.90. The van der Waals surface area contributed by atoms with Crippen LogP contribution >= 0.6 is 11.6 Å². The zero-order valence-electron chi connectivity index (χ0n) is 13.3. The molecule has 2 heterocycles. The van der Waals surface area contributed by atoms with Gasteiger partial charge in [0.15, 0.2) is 5.82 Å². The lowest BCUT2D eigenvalue weighted by molar-refractivity contribution is 0.0949. The monoisotopic (exact) mass is 324 g/mol. The molecular weight excluding hydrogens is 304 g/mol. The minimum absolute atomic E-state index is 0.247. The van der Waals surface area contributed by atoms with Gasteiger partial charge in [-0.25, -0.2) is 0 Å². The highest BCUT2D eigenvalue weighted by atomic mass is 35.5. The van der Waals surface area contributed by atoms with Crippen molar-refractivity contribution in [1.82, 2.24) is 29.9 Å². The molecule has 0 fully saturated rings. The summed E-state index contributed by atoms with van der Waals surface area (Å²) in [7, 11) is 0. The third kappa shape index (κ3) is 3.47. The predicted molar refractivity (Wildman–Crippen MR) is 83.7 cm³/mol. The number of nitrogens with one attached hydrogen (secondary N) is 1.